The minimum absolute atomic E-state index is 0.0932. The van der Waals surface area contributed by atoms with Gasteiger partial charge in [0, 0.05) is 5.56 Å². The van der Waals surface area contributed by atoms with Gasteiger partial charge in [0.15, 0.2) is 9.84 Å². The number of carbonyl (C=O) groups excluding carboxylic acids is 3. The van der Waals surface area contributed by atoms with Gasteiger partial charge < -0.3 is 5.32 Å². The second-order valence-electron chi connectivity index (χ2n) is 7.12. The number of urea groups is 1. The fourth-order valence-corrected chi connectivity index (χ4v) is 4.00. The van der Waals surface area contributed by atoms with E-state index in [1.165, 1.54) is 24.3 Å². The van der Waals surface area contributed by atoms with Crippen molar-refractivity contribution in [3.63, 3.8) is 0 Å². The summed E-state index contributed by atoms with van der Waals surface area (Å²) in [5, 5.41) is 2.63. The minimum atomic E-state index is -3.47. The molecule has 3 rings (SSSR count). The Balaban J connectivity index is 1.79. The molecular weight excluding hydrogens is 394 g/mol. The summed E-state index contributed by atoms with van der Waals surface area (Å²) in [6.07, 6.45) is 0. The lowest BCUT2D eigenvalue weighted by Crippen LogP contribution is -2.47. The van der Waals surface area contributed by atoms with Crippen LogP contribution < -0.4 is 10.7 Å². The van der Waals surface area contributed by atoms with Crippen molar-refractivity contribution < 1.29 is 22.8 Å². The monoisotopic (exact) mass is 415 g/mol. The van der Waals surface area contributed by atoms with Gasteiger partial charge in [0.25, 0.3) is 11.8 Å². The Hall–Kier alpha value is -3.20. The van der Waals surface area contributed by atoms with Crippen LogP contribution in [0, 0.1) is 0 Å². The number of nitrogens with zero attached hydrogens (tertiary/aromatic N) is 1. The highest BCUT2D eigenvalue weighted by Gasteiger charge is 2.50. The largest absolute Gasteiger partial charge is 0.344 e. The zero-order valence-corrected chi connectivity index (χ0v) is 17.0. The van der Waals surface area contributed by atoms with Crippen LogP contribution in [0.4, 0.5) is 4.79 Å². The predicted octanol–water partition coefficient (Wildman–Crippen LogP) is 1.98. The molecular formula is C20H21N3O5S. The van der Waals surface area contributed by atoms with Crippen LogP contribution in [0.3, 0.4) is 0 Å². The molecule has 0 spiro atoms. The van der Waals surface area contributed by atoms with Crippen LogP contribution in [0.5, 0.6) is 0 Å². The molecule has 0 aliphatic carbocycles. The molecule has 0 bridgehead atoms. The second-order valence-corrected chi connectivity index (χ2v) is 9.63. The molecule has 1 aliphatic rings. The first-order valence-electron chi connectivity index (χ1n) is 8.94. The number of carbonyl (C=O) groups is 3. The van der Waals surface area contributed by atoms with E-state index in [9.17, 15) is 22.8 Å². The third-order valence-electron chi connectivity index (χ3n) is 4.82. The SMILES string of the molecule is CC(C)S(=O)(=O)c1ccc(C(=O)NN2C(=O)NC(C)(c3ccccc3)C2=O)cc1. The van der Waals surface area contributed by atoms with Gasteiger partial charge in [-0.3, -0.25) is 15.0 Å². The van der Waals surface area contributed by atoms with Crippen LogP contribution in [-0.4, -0.2) is 36.5 Å². The molecule has 1 atom stereocenters. The number of nitrogens with one attached hydrogen (secondary N) is 2. The van der Waals surface area contributed by atoms with E-state index in [0.717, 1.165) is 0 Å². The highest BCUT2D eigenvalue weighted by Crippen LogP contribution is 2.27. The zero-order chi connectivity index (χ0) is 21.4. The van der Waals surface area contributed by atoms with Crippen LogP contribution in [0.15, 0.2) is 59.5 Å². The van der Waals surface area contributed by atoms with Gasteiger partial charge in [0.1, 0.15) is 5.54 Å². The van der Waals surface area contributed by atoms with E-state index < -0.39 is 38.5 Å². The molecule has 152 valence electrons. The molecule has 0 saturated carbocycles. The van der Waals surface area contributed by atoms with Crippen molar-refractivity contribution in [2.45, 2.75) is 36.5 Å². The average molecular weight is 415 g/mol. The summed E-state index contributed by atoms with van der Waals surface area (Å²) in [4.78, 5) is 37.7. The molecule has 4 amide bonds. The maximum absolute atomic E-state index is 12.8. The van der Waals surface area contributed by atoms with Gasteiger partial charge in [-0.1, -0.05) is 30.3 Å². The standard InChI is InChI=1S/C20H21N3O5S/c1-13(2)29(27,28)16-11-9-14(10-12-16)17(24)22-23-18(25)20(3,21-19(23)26)15-7-5-4-6-8-15/h4-13H,1-3H3,(H,21,26)(H,22,24). The van der Waals surface area contributed by atoms with Gasteiger partial charge in [-0.15, -0.1) is 0 Å². The van der Waals surface area contributed by atoms with E-state index in [1.807, 2.05) is 0 Å². The van der Waals surface area contributed by atoms with Gasteiger partial charge in [0.2, 0.25) is 0 Å². The van der Waals surface area contributed by atoms with Crippen LogP contribution in [-0.2, 0) is 20.2 Å². The number of rotatable bonds is 5. The number of benzene rings is 2. The molecule has 1 aliphatic heterocycles. The third-order valence-corrected chi connectivity index (χ3v) is 6.99. The van der Waals surface area contributed by atoms with Crippen molar-refractivity contribution in [3.05, 3.63) is 65.7 Å². The molecule has 8 nitrogen and oxygen atoms in total. The van der Waals surface area contributed by atoms with E-state index in [1.54, 1.807) is 51.1 Å². The maximum Gasteiger partial charge on any atom is 0.344 e. The second kappa shape index (κ2) is 7.32. The summed E-state index contributed by atoms with van der Waals surface area (Å²) >= 11 is 0. The predicted molar refractivity (Wildman–Crippen MR) is 105 cm³/mol. The first-order chi connectivity index (χ1) is 13.6. The lowest BCUT2D eigenvalue weighted by molar-refractivity contribution is -0.132. The summed E-state index contributed by atoms with van der Waals surface area (Å²) in [5.41, 5.74) is 1.67. The molecule has 1 saturated heterocycles. The first kappa shape index (κ1) is 20.5. The Morgan fingerprint density at radius 1 is 1.03 bits per heavy atom. The van der Waals surface area contributed by atoms with Crippen LogP contribution >= 0.6 is 0 Å². The highest BCUT2D eigenvalue weighted by molar-refractivity contribution is 7.92. The third kappa shape index (κ3) is 3.61. The van der Waals surface area contributed by atoms with Gasteiger partial charge >= 0.3 is 6.03 Å². The molecule has 2 N–H and O–H groups in total. The average Bonchev–Trinajstić information content (AvgIpc) is 2.92. The molecule has 1 unspecified atom stereocenters. The molecule has 0 radical (unpaired) electrons. The summed E-state index contributed by atoms with van der Waals surface area (Å²) in [6, 6.07) is 13.2. The summed E-state index contributed by atoms with van der Waals surface area (Å²) in [7, 11) is -3.47. The number of hydrazine groups is 1. The topological polar surface area (TPSA) is 113 Å². The van der Waals surface area contributed by atoms with Crippen molar-refractivity contribution in [2.75, 3.05) is 0 Å². The number of sulfone groups is 1. The summed E-state index contributed by atoms with van der Waals surface area (Å²) in [6.45, 7) is 4.69. The lowest BCUT2D eigenvalue weighted by atomic mass is 9.92. The van der Waals surface area contributed by atoms with E-state index in [2.05, 4.69) is 10.7 Å². The maximum atomic E-state index is 12.8. The van der Waals surface area contributed by atoms with E-state index in [-0.39, 0.29) is 10.5 Å². The van der Waals surface area contributed by atoms with E-state index in [0.29, 0.717) is 10.6 Å². The zero-order valence-electron chi connectivity index (χ0n) is 16.2. The first-order valence-corrected chi connectivity index (χ1v) is 10.5. The molecule has 9 heteroatoms. The smallest absolute Gasteiger partial charge is 0.318 e. The Kier molecular flexibility index (Phi) is 5.18. The Morgan fingerprint density at radius 3 is 2.17 bits per heavy atom. The number of amides is 4. The molecule has 0 aromatic heterocycles. The molecule has 1 fully saturated rings. The van der Waals surface area contributed by atoms with Gasteiger partial charge in [0.05, 0.1) is 10.1 Å². The molecule has 2 aromatic carbocycles. The fraction of sp³-hybridized carbons (Fsp3) is 0.250. The number of hydrogen-bond acceptors (Lipinski definition) is 5. The summed E-state index contributed by atoms with van der Waals surface area (Å²) in [5.74, 6) is -1.33. The van der Waals surface area contributed by atoms with Crippen LogP contribution in [0.2, 0.25) is 0 Å². The van der Waals surface area contributed by atoms with Gasteiger partial charge in [-0.2, -0.15) is 5.01 Å². The number of imide groups is 1. The van der Waals surface area contributed by atoms with E-state index >= 15 is 0 Å². The van der Waals surface area contributed by atoms with Crippen molar-refractivity contribution in [2.24, 2.45) is 0 Å². The Labute approximate surface area is 168 Å². The normalized spacial score (nSPS) is 19.4. The summed E-state index contributed by atoms with van der Waals surface area (Å²) < 4.78 is 24.4. The van der Waals surface area contributed by atoms with Crippen molar-refractivity contribution in [3.8, 4) is 0 Å². The molecule has 2 aromatic rings. The fourth-order valence-electron chi connectivity index (χ4n) is 2.94. The van der Waals surface area contributed by atoms with Crippen LogP contribution in [0.1, 0.15) is 36.7 Å². The van der Waals surface area contributed by atoms with Crippen molar-refractivity contribution in [1.29, 1.82) is 0 Å². The van der Waals surface area contributed by atoms with Crippen molar-refractivity contribution in [1.82, 2.24) is 15.8 Å². The minimum Gasteiger partial charge on any atom is -0.318 e. The van der Waals surface area contributed by atoms with Crippen LogP contribution in [0.25, 0.3) is 0 Å². The molecule has 1 heterocycles. The van der Waals surface area contributed by atoms with Gasteiger partial charge in [-0.25, -0.2) is 13.2 Å². The van der Waals surface area contributed by atoms with Gasteiger partial charge in [-0.05, 0) is 50.6 Å². The quantitative estimate of drug-likeness (QED) is 0.725. The number of hydrogen-bond donors (Lipinski definition) is 2. The Bertz CT molecular complexity index is 1070. The van der Waals surface area contributed by atoms with E-state index in [4.69, 9.17) is 0 Å². The Morgan fingerprint density at radius 2 is 1.62 bits per heavy atom. The lowest BCUT2D eigenvalue weighted by Gasteiger charge is -2.22. The molecule has 29 heavy (non-hydrogen) atoms. The highest BCUT2D eigenvalue weighted by atomic mass is 32.2. The van der Waals surface area contributed by atoms with Crippen molar-refractivity contribution >= 4 is 27.7 Å².